The van der Waals surface area contributed by atoms with Gasteiger partial charge in [-0.15, -0.1) is 0 Å². The van der Waals surface area contributed by atoms with Crippen molar-refractivity contribution in [2.75, 3.05) is 6.61 Å². The first-order chi connectivity index (χ1) is 14.1. The molecule has 0 amide bonds. The summed E-state index contributed by atoms with van der Waals surface area (Å²) in [4.78, 5) is 12.9. The van der Waals surface area contributed by atoms with Gasteiger partial charge in [-0.2, -0.15) is 0 Å². The smallest absolute Gasteiger partial charge is 0.204 e. The van der Waals surface area contributed by atoms with E-state index >= 15 is 0 Å². The molecule has 1 aliphatic heterocycles. The zero-order valence-corrected chi connectivity index (χ0v) is 15.1. The van der Waals surface area contributed by atoms with Crippen molar-refractivity contribution in [1.29, 1.82) is 0 Å². The number of hydrogen-bond acceptors (Lipinski definition) is 11. The SMILES string of the molecule is O=c1c2cc(O)c(O)cc2oc2cc(O)c([C@@H]3O[C@@H](CO)[C@H](O)[C@@H](O)[C@@H]3O)c(O)c12. The molecule has 0 saturated carbocycles. The zero-order valence-electron chi connectivity index (χ0n) is 15.1. The molecule has 1 aromatic heterocycles. The van der Waals surface area contributed by atoms with Crippen LogP contribution in [0, 0.1) is 0 Å². The molecule has 160 valence electrons. The van der Waals surface area contributed by atoms with Crippen LogP contribution in [0.25, 0.3) is 21.9 Å². The van der Waals surface area contributed by atoms with Crippen LogP contribution in [0.3, 0.4) is 0 Å². The summed E-state index contributed by atoms with van der Waals surface area (Å²) >= 11 is 0. The van der Waals surface area contributed by atoms with Crippen molar-refractivity contribution in [1.82, 2.24) is 0 Å². The number of fused-ring (bicyclic) bond motifs is 2. The highest BCUT2D eigenvalue weighted by Crippen LogP contribution is 2.45. The molecular formula is C19H18O11. The quantitative estimate of drug-likeness (QED) is 0.191. The van der Waals surface area contributed by atoms with Gasteiger partial charge in [0.25, 0.3) is 0 Å². The van der Waals surface area contributed by atoms with Crippen molar-refractivity contribution in [3.63, 3.8) is 0 Å². The predicted molar refractivity (Wildman–Crippen MR) is 99.4 cm³/mol. The van der Waals surface area contributed by atoms with E-state index in [1.165, 1.54) is 0 Å². The van der Waals surface area contributed by atoms with Gasteiger partial charge in [0.05, 0.1) is 17.6 Å². The number of hydrogen-bond donors (Lipinski definition) is 8. The second kappa shape index (κ2) is 7.00. The van der Waals surface area contributed by atoms with Gasteiger partial charge in [-0.05, 0) is 6.07 Å². The van der Waals surface area contributed by atoms with E-state index in [2.05, 4.69) is 0 Å². The van der Waals surface area contributed by atoms with Crippen LogP contribution in [-0.2, 0) is 4.74 Å². The van der Waals surface area contributed by atoms with Crippen LogP contribution < -0.4 is 5.43 Å². The third-order valence-electron chi connectivity index (χ3n) is 5.23. The Hall–Kier alpha value is -3.09. The Morgan fingerprint density at radius 2 is 1.47 bits per heavy atom. The van der Waals surface area contributed by atoms with Crippen molar-refractivity contribution in [3.05, 3.63) is 34.0 Å². The number of aromatic hydroxyl groups is 4. The second-order valence-corrected chi connectivity index (χ2v) is 7.05. The highest BCUT2D eigenvalue weighted by atomic mass is 16.5. The molecule has 0 aliphatic carbocycles. The van der Waals surface area contributed by atoms with E-state index < -0.39 is 76.5 Å². The van der Waals surface area contributed by atoms with Crippen LogP contribution in [0.1, 0.15) is 11.7 Å². The number of phenols is 4. The van der Waals surface area contributed by atoms with Crippen LogP contribution in [0.5, 0.6) is 23.0 Å². The summed E-state index contributed by atoms with van der Waals surface area (Å²) in [6.07, 6.45) is -8.16. The maximum absolute atomic E-state index is 12.9. The average molecular weight is 422 g/mol. The summed E-state index contributed by atoms with van der Waals surface area (Å²) in [6, 6.07) is 2.90. The Kier molecular flexibility index (Phi) is 4.71. The Bertz CT molecular complexity index is 1200. The molecule has 8 N–H and O–H groups in total. The van der Waals surface area contributed by atoms with Gasteiger partial charge in [0.2, 0.25) is 5.43 Å². The Labute approximate surface area is 166 Å². The third kappa shape index (κ3) is 2.83. The van der Waals surface area contributed by atoms with Gasteiger partial charge in [0.1, 0.15) is 58.6 Å². The summed E-state index contributed by atoms with van der Waals surface area (Å²) < 4.78 is 10.8. The highest BCUT2D eigenvalue weighted by Gasteiger charge is 2.46. The first kappa shape index (κ1) is 20.2. The van der Waals surface area contributed by atoms with Crippen LogP contribution >= 0.6 is 0 Å². The maximum atomic E-state index is 12.9. The van der Waals surface area contributed by atoms with Crippen molar-refractivity contribution >= 4 is 21.9 Å². The van der Waals surface area contributed by atoms with E-state index in [9.17, 15) is 45.6 Å². The molecule has 1 fully saturated rings. The largest absolute Gasteiger partial charge is 0.507 e. The monoisotopic (exact) mass is 422 g/mol. The van der Waals surface area contributed by atoms with Gasteiger partial charge in [-0.3, -0.25) is 4.79 Å². The highest BCUT2D eigenvalue weighted by molar-refractivity contribution is 5.96. The summed E-state index contributed by atoms with van der Waals surface area (Å²) in [7, 11) is 0. The fourth-order valence-corrected chi connectivity index (χ4v) is 3.64. The number of aliphatic hydroxyl groups is 4. The summed E-state index contributed by atoms with van der Waals surface area (Å²) in [5.41, 5.74) is -1.66. The first-order valence-electron chi connectivity index (χ1n) is 8.83. The standard InChI is InChI=1S/C19H18O11/c20-4-11-15(25)17(27)18(28)19(30-11)12-8(23)3-10-13(16(12)26)14(24)5-1-6(21)7(22)2-9(5)29-10/h1-3,11,15,17-23,25-28H,4H2/t11-,15-,17+,18-,19-/m0/s1. The summed E-state index contributed by atoms with van der Waals surface area (Å²) in [5.74, 6) is -2.62. The molecule has 4 rings (SSSR count). The molecule has 0 bridgehead atoms. The molecule has 1 aliphatic rings. The lowest BCUT2D eigenvalue weighted by Crippen LogP contribution is -2.55. The Morgan fingerprint density at radius 3 is 2.13 bits per heavy atom. The Balaban J connectivity index is 1.98. The minimum atomic E-state index is -1.81. The van der Waals surface area contributed by atoms with E-state index in [-0.39, 0.29) is 16.6 Å². The van der Waals surface area contributed by atoms with Gasteiger partial charge >= 0.3 is 0 Å². The fourth-order valence-electron chi connectivity index (χ4n) is 3.64. The lowest BCUT2D eigenvalue weighted by atomic mass is 9.89. The van der Waals surface area contributed by atoms with Crippen molar-refractivity contribution < 1.29 is 50.0 Å². The molecule has 11 nitrogen and oxygen atoms in total. The molecule has 0 unspecified atom stereocenters. The lowest BCUT2D eigenvalue weighted by molar-refractivity contribution is -0.232. The molecule has 11 heteroatoms. The lowest BCUT2D eigenvalue weighted by Gasteiger charge is -2.40. The number of benzene rings is 2. The number of ether oxygens (including phenoxy) is 1. The van der Waals surface area contributed by atoms with Gasteiger partial charge in [-0.1, -0.05) is 0 Å². The van der Waals surface area contributed by atoms with Crippen LogP contribution in [0.2, 0.25) is 0 Å². The fraction of sp³-hybridized carbons (Fsp3) is 0.316. The number of phenolic OH excluding ortho intramolecular Hbond substituents is 4. The summed E-state index contributed by atoms with van der Waals surface area (Å²) in [5, 5.41) is 79.4. The van der Waals surface area contributed by atoms with Crippen LogP contribution in [0.15, 0.2) is 27.4 Å². The molecule has 0 spiro atoms. The number of aliphatic hydroxyl groups excluding tert-OH is 4. The molecule has 0 radical (unpaired) electrons. The van der Waals surface area contributed by atoms with E-state index in [1.807, 2.05) is 0 Å². The van der Waals surface area contributed by atoms with Gasteiger partial charge in [0.15, 0.2) is 11.5 Å². The minimum Gasteiger partial charge on any atom is -0.507 e. The predicted octanol–water partition coefficient (Wildman–Crippen LogP) is -0.717. The van der Waals surface area contributed by atoms with Gasteiger partial charge < -0.3 is 50.0 Å². The second-order valence-electron chi connectivity index (χ2n) is 7.05. The normalized spacial score (nSPS) is 27.0. The van der Waals surface area contributed by atoms with Gasteiger partial charge in [0, 0.05) is 12.1 Å². The minimum absolute atomic E-state index is 0.123. The molecular weight excluding hydrogens is 404 g/mol. The Morgan fingerprint density at radius 1 is 0.833 bits per heavy atom. The van der Waals surface area contributed by atoms with E-state index in [0.717, 1.165) is 18.2 Å². The summed E-state index contributed by atoms with van der Waals surface area (Å²) in [6.45, 7) is -0.730. The average Bonchev–Trinajstić information content (AvgIpc) is 2.69. The molecule has 1 saturated heterocycles. The first-order valence-corrected chi connectivity index (χ1v) is 8.83. The number of rotatable bonds is 2. The molecule has 2 aromatic carbocycles. The van der Waals surface area contributed by atoms with Crippen molar-refractivity contribution in [2.45, 2.75) is 30.5 Å². The van der Waals surface area contributed by atoms with Gasteiger partial charge in [-0.25, -0.2) is 0 Å². The maximum Gasteiger partial charge on any atom is 0.204 e. The van der Waals surface area contributed by atoms with E-state index in [4.69, 9.17) is 9.15 Å². The third-order valence-corrected chi connectivity index (χ3v) is 5.23. The van der Waals surface area contributed by atoms with E-state index in [0.29, 0.717) is 0 Å². The zero-order chi connectivity index (χ0) is 21.9. The van der Waals surface area contributed by atoms with Crippen molar-refractivity contribution in [2.24, 2.45) is 0 Å². The molecule has 3 aromatic rings. The van der Waals surface area contributed by atoms with Crippen LogP contribution in [0.4, 0.5) is 0 Å². The van der Waals surface area contributed by atoms with Crippen LogP contribution in [-0.4, -0.2) is 71.9 Å². The van der Waals surface area contributed by atoms with Crippen molar-refractivity contribution in [3.8, 4) is 23.0 Å². The van der Waals surface area contributed by atoms with E-state index in [1.54, 1.807) is 0 Å². The molecule has 2 heterocycles. The molecule has 5 atom stereocenters. The topological polar surface area (TPSA) is 201 Å². The molecule has 30 heavy (non-hydrogen) atoms.